The van der Waals surface area contributed by atoms with E-state index in [4.69, 9.17) is 49.1 Å². The first-order chi connectivity index (χ1) is 45.9. The van der Waals surface area contributed by atoms with Gasteiger partial charge in [0.1, 0.15) is 22.4 Å². The van der Waals surface area contributed by atoms with Crippen LogP contribution in [0.4, 0.5) is 36.2 Å². The Kier molecular flexibility index (Phi) is 29.6. The third-order valence-corrected chi connectivity index (χ3v) is 14.5. The summed E-state index contributed by atoms with van der Waals surface area (Å²) in [5, 5.41) is 30.0. The summed E-state index contributed by atoms with van der Waals surface area (Å²) in [6.45, 7) is 22.4. The van der Waals surface area contributed by atoms with Crippen LogP contribution >= 0.6 is 49.2 Å². The minimum atomic E-state index is -0.639. The lowest BCUT2D eigenvalue weighted by molar-refractivity contribution is -0.117. The lowest BCUT2D eigenvalue weighted by Gasteiger charge is -2.23. The van der Waals surface area contributed by atoms with Crippen LogP contribution in [0.25, 0.3) is 33.4 Å². The number of anilines is 3. The molecule has 0 radical (unpaired) electrons. The van der Waals surface area contributed by atoms with Crippen LogP contribution in [0.1, 0.15) is 118 Å². The van der Waals surface area contributed by atoms with Crippen molar-refractivity contribution in [3.8, 4) is 33.4 Å². The van der Waals surface area contributed by atoms with Crippen molar-refractivity contribution >= 4 is 107 Å². The van der Waals surface area contributed by atoms with Crippen LogP contribution in [0, 0.1) is 0 Å². The monoisotopic (exact) mass is 1420 g/mol. The van der Waals surface area contributed by atoms with Crippen molar-refractivity contribution in [1.29, 1.82) is 0 Å². The molecule has 0 fully saturated rings. The van der Waals surface area contributed by atoms with Crippen LogP contribution in [-0.4, -0.2) is 112 Å². The average molecular weight is 1420 g/mol. The molecule has 8 N–H and O–H groups in total. The molecule has 0 spiro atoms. The minimum Gasteiger partial charge on any atom is -0.444 e. The fourth-order valence-electron chi connectivity index (χ4n) is 9.27. The van der Waals surface area contributed by atoms with Crippen molar-refractivity contribution < 1.29 is 42.9 Å². The summed E-state index contributed by atoms with van der Waals surface area (Å²) >= 11 is 11.3. The highest BCUT2D eigenvalue weighted by molar-refractivity contribution is 7.81. The molecule has 0 aliphatic rings. The number of H-pyrrole nitrogens is 1. The van der Waals surface area contributed by atoms with Gasteiger partial charge in [-0.25, -0.2) is 19.2 Å². The third kappa shape index (κ3) is 26.5. The zero-order chi connectivity index (χ0) is 70.5. The molecule has 21 nitrogen and oxygen atoms in total. The second-order valence-corrected chi connectivity index (χ2v) is 27.3. The molecule has 3 amide bonds. The van der Waals surface area contributed by atoms with Gasteiger partial charge in [-0.15, -0.1) is 24.8 Å². The maximum atomic E-state index is 13.2. The smallest absolute Gasteiger partial charge is 0.435 e. The van der Waals surface area contributed by atoms with Crippen molar-refractivity contribution in [2.45, 2.75) is 123 Å². The summed E-state index contributed by atoms with van der Waals surface area (Å²) < 4.78 is 23.7. The summed E-state index contributed by atoms with van der Waals surface area (Å²) in [4.78, 5) is 63.3. The maximum Gasteiger partial charge on any atom is 0.435 e. The Morgan fingerprint density at radius 3 is 1.12 bits per heavy atom. The van der Waals surface area contributed by atoms with E-state index in [1.807, 2.05) is 179 Å². The molecule has 3 heterocycles. The quantitative estimate of drug-likeness (QED) is 0.0330. The molecule has 0 saturated heterocycles. The zero-order valence-corrected chi connectivity index (χ0v) is 60.8. The summed E-state index contributed by atoms with van der Waals surface area (Å²) in [6, 6.07) is 52.0. The molecule has 0 bridgehead atoms. The highest BCUT2D eigenvalue weighted by Gasteiger charge is 2.26. The number of hydrogen-bond donors (Lipinski definition) is 7. The molecule has 6 aromatic carbocycles. The van der Waals surface area contributed by atoms with Gasteiger partial charge >= 0.3 is 24.4 Å². The van der Waals surface area contributed by atoms with Gasteiger partial charge in [0.2, 0.25) is 5.91 Å². The van der Waals surface area contributed by atoms with Gasteiger partial charge in [0.05, 0.1) is 40.4 Å². The lowest BCUT2D eigenvalue weighted by atomic mass is 9.98. The van der Waals surface area contributed by atoms with Gasteiger partial charge in [-0.2, -0.15) is 24.7 Å². The molecule has 3 unspecified atom stereocenters. The Balaban J connectivity index is 0.000000272. The number of benzene rings is 6. The highest BCUT2D eigenvalue weighted by Crippen LogP contribution is 2.28. The van der Waals surface area contributed by atoms with Gasteiger partial charge in [-0.3, -0.25) is 9.89 Å². The first kappa shape index (κ1) is 79.9. The fraction of sp³-hybridized carbons (Fsp3) is 0.297. The molecular weight excluding hydrogens is 1340 g/mol. The molecule has 0 aliphatic carbocycles. The second kappa shape index (κ2) is 36.7. The number of nitrogens with zero attached hydrogens (tertiary/aromatic N) is 5. The maximum absolute atomic E-state index is 13.2. The Hall–Kier alpha value is -9.78. The molecule has 9 aromatic rings. The van der Waals surface area contributed by atoms with Crippen LogP contribution in [-0.2, 0) is 23.7 Å². The van der Waals surface area contributed by atoms with Gasteiger partial charge in [-0.05, 0) is 153 Å². The van der Waals surface area contributed by atoms with E-state index in [0.717, 1.165) is 71.1 Å². The molecule has 0 saturated carbocycles. The van der Waals surface area contributed by atoms with Crippen molar-refractivity contribution in [1.82, 2.24) is 40.4 Å². The number of nitrogens with one attached hydrogen (secondary N) is 6. The van der Waals surface area contributed by atoms with Crippen LogP contribution < -0.4 is 32.3 Å². The standard InChI is InChI=1S/C28H34N4O5.C28H34N4O4S.C18H18N4S.2ClH/c1-27(2,3)36-25(34)29-17-23(20-10-8-7-9-11-20)24(33)31-22-14-12-19(13-15-22)21-16-30-32(18-21)26(35)37-28(4,5)6;1-27(2,3)35-25(33)29-17-23(20-10-8-7-9-11-20)24(37)31-22-14-12-19(13-15-22)21-16-30-32(18-21)26(34)36-28(4,5)6;19-10-17(14-4-2-1-3-5-14)18(23)22-16-8-6-13(7-9-16)15-11-20-21-12-15;;/h7-16,18,23H,17H2,1-6H3,(H,29,34)(H,31,33);7-16,18,23H,17H2,1-6H3,(H,29,33)(H,31,37);1-9,11-12,17H,10,19H2,(H,20,21)(H,22,23);2*1H. The lowest BCUT2D eigenvalue weighted by Crippen LogP contribution is -2.37. The molecular formula is C74H88Cl2N12O9S2. The number of thiocarbonyl (C=S) groups is 2. The molecule has 3 atom stereocenters. The SMILES string of the molecule is CC(C)(C)OC(=O)NCC(C(=O)Nc1ccc(-c2cnn(C(=O)OC(C)(C)C)c2)cc1)c1ccccc1.CC(C)(C)OC(=O)NCC(C(=S)Nc1ccc(-c2cnn(C(=O)OC(C)(C)C)c2)cc1)c1ccccc1.Cl.Cl.NCC(C(=S)Nc1ccc(-c2cn[nH]c2)cc1)c1ccccc1. The van der Waals surface area contributed by atoms with E-state index in [2.05, 4.69) is 47.0 Å². The molecule has 99 heavy (non-hydrogen) atoms. The van der Waals surface area contributed by atoms with Gasteiger partial charge in [0, 0.05) is 77.9 Å². The number of ether oxygens (including phenoxy) is 4. The zero-order valence-electron chi connectivity index (χ0n) is 57.5. The van der Waals surface area contributed by atoms with Crippen LogP contribution in [0.2, 0.25) is 0 Å². The number of rotatable bonds is 17. The number of amides is 3. The topological polar surface area (TPSA) is 273 Å². The van der Waals surface area contributed by atoms with E-state index in [9.17, 15) is 24.0 Å². The summed E-state index contributed by atoms with van der Waals surface area (Å²) in [5.74, 6) is -1.14. The van der Waals surface area contributed by atoms with Crippen LogP contribution in [0.15, 0.2) is 201 Å². The van der Waals surface area contributed by atoms with Crippen molar-refractivity contribution in [2.75, 3.05) is 35.6 Å². The fourth-order valence-corrected chi connectivity index (χ4v) is 9.96. The van der Waals surface area contributed by atoms with Crippen molar-refractivity contribution in [3.63, 3.8) is 0 Å². The van der Waals surface area contributed by atoms with Gasteiger partial charge < -0.3 is 51.3 Å². The minimum absolute atomic E-state index is 0. The van der Waals surface area contributed by atoms with Crippen LogP contribution in [0.5, 0.6) is 0 Å². The molecule has 0 aliphatic heterocycles. The number of nitrogens with two attached hydrogens (primary N) is 1. The number of aromatic nitrogens is 6. The third-order valence-electron chi connectivity index (χ3n) is 13.8. The number of aromatic amines is 1. The Morgan fingerprint density at radius 2 is 0.768 bits per heavy atom. The van der Waals surface area contributed by atoms with Crippen molar-refractivity contribution in [3.05, 3.63) is 218 Å². The number of carbonyl (C=O) groups is 5. The number of alkyl carbamates (subject to hydrolysis) is 2. The largest absolute Gasteiger partial charge is 0.444 e. The summed E-state index contributed by atoms with van der Waals surface area (Å²) in [6.07, 6.45) is 7.91. The molecule has 25 heteroatoms. The summed E-state index contributed by atoms with van der Waals surface area (Å²) in [7, 11) is 0. The van der Waals surface area contributed by atoms with Gasteiger partial charge in [-0.1, -0.05) is 152 Å². The van der Waals surface area contributed by atoms with Crippen molar-refractivity contribution in [2.24, 2.45) is 5.73 Å². The van der Waals surface area contributed by atoms with E-state index in [-0.39, 0.29) is 55.6 Å². The number of hydrogen-bond acceptors (Lipinski definition) is 15. The predicted molar refractivity (Wildman–Crippen MR) is 403 cm³/mol. The first-order valence-electron chi connectivity index (χ1n) is 31.5. The van der Waals surface area contributed by atoms with E-state index >= 15 is 0 Å². The van der Waals surface area contributed by atoms with E-state index in [0.29, 0.717) is 17.2 Å². The first-order valence-corrected chi connectivity index (χ1v) is 32.3. The van der Waals surface area contributed by atoms with Crippen LogP contribution in [0.3, 0.4) is 0 Å². The molecule has 9 rings (SSSR count). The number of carbonyl (C=O) groups excluding carboxylic acids is 5. The Bertz CT molecular complexity index is 3850. The predicted octanol–water partition coefficient (Wildman–Crippen LogP) is 16.4. The van der Waals surface area contributed by atoms with E-state index < -0.39 is 52.7 Å². The Labute approximate surface area is 601 Å². The van der Waals surface area contributed by atoms with Gasteiger partial charge in [0.25, 0.3) is 0 Å². The number of halogens is 2. The molecule has 524 valence electrons. The normalized spacial score (nSPS) is 12.0. The molecule has 3 aromatic heterocycles. The average Bonchev–Trinajstić information content (AvgIpc) is 1.80. The van der Waals surface area contributed by atoms with E-state index in [1.165, 1.54) is 4.68 Å². The Morgan fingerprint density at radius 1 is 0.434 bits per heavy atom. The summed E-state index contributed by atoms with van der Waals surface area (Å²) in [5.41, 5.74) is 14.0. The van der Waals surface area contributed by atoms with E-state index in [1.54, 1.807) is 105 Å². The van der Waals surface area contributed by atoms with Gasteiger partial charge in [0.15, 0.2) is 0 Å². The second-order valence-electron chi connectivity index (χ2n) is 26.4. The highest BCUT2D eigenvalue weighted by atomic mass is 35.5.